The maximum Gasteiger partial charge on any atom is 0.165 e. The first kappa shape index (κ1) is 10.7. The molecule has 1 N–H and O–H groups in total. The molecule has 1 atom stereocenters. The van der Waals surface area contributed by atoms with Crippen LogP contribution in [-0.4, -0.2) is 11.2 Å². The van der Waals surface area contributed by atoms with Crippen LogP contribution in [0.15, 0.2) is 30.9 Å². The van der Waals surface area contributed by atoms with Crippen LogP contribution in [0.1, 0.15) is 12.5 Å². The molecule has 1 aromatic rings. The second-order valence-corrected chi connectivity index (χ2v) is 2.98. The van der Waals surface area contributed by atoms with Gasteiger partial charge in [0.05, 0.1) is 6.61 Å². The van der Waals surface area contributed by atoms with Gasteiger partial charge in [0.1, 0.15) is 6.10 Å². The molecule has 0 saturated heterocycles. The molecule has 2 nitrogen and oxygen atoms in total. The normalized spacial score (nSPS) is 12.2. The van der Waals surface area contributed by atoms with E-state index in [-0.39, 0.29) is 18.5 Å². The van der Waals surface area contributed by atoms with Gasteiger partial charge in [-0.3, -0.25) is 0 Å². The molecule has 0 aliphatic heterocycles. The summed E-state index contributed by atoms with van der Waals surface area (Å²) >= 11 is 0. The second kappa shape index (κ2) is 4.77. The summed E-state index contributed by atoms with van der Waals surface area (Å²) < 4.78 is 18.5. The molecule has 0 heterocycles. The van der Waals surface area contributed by atoms with Crippen molar-refractivity contribution in [3.63, 3.8) is 0 Å². The van der Waals surface area contributed by atoms with Crippen LogP contribution in [0.2, 0.25) is 0 Å². The zero-order valence-electron chi connectivity index (χ0n) is 8.03. The molecule has 0 aliphatic rings. The molecule has 14 heavy (non-hydrogen) atoms. The molecule has 0 fully saturated rings. The van der Waals surface area contributed by atoms with Gasteiger partial charge in [0.2, 0.25) is 0 Å². The van der Waals surface area contributed by atoms with Crippen molar-refractivity contribution in [1.82, 2.24) is 0 Å². The van der Waals surface area contributed by atoms with Gasteiger partial charge in [0.15, 0.2) is 11.6 Å². The summed E-state index contributed by atoms with van der Waals surface area (Å²) in [7, 11) is 0. The van der Waals surface area contributed by atoms with E-state index in [9.17, 15) is 4.39 Å². The molecule has 1 rings (SSSR count). The fourth-order valence-electron chi connectivity index (χ4n) is 0.987. The quantitative estimate of drug-likeness (QED) is 0.748. The Morgan fingerprint density at radius 1 is 1.64 bits per heavy atom. The SMILES string of the molecule is C=CC(C)Oc1ccc(CO)cc1F. The number of hydrogen-bond donors (Lipinski definition) is 1. The molecule has 0 radical (unpaired) electrons. The summed E-state index contributed by atoms with van der Waals surface area (Å²) in [5.41, 5.74) is 0.529. The fourth-order valence-corrected chi connectivity index (χ4v) is 0.987. The summed E-state index contributed by atoms with van der Waals surface area (Å²) in [6, 6.07) is 4.38. The van der Waals surface area contributed by atoms with Crippen molar-refractivity contribution in [2.24, 2.45) is 0 Å². The summed E-state index contributed by atoms with van der Waals surface area (Å²) in [5.74, 6) is -0.292. The zero-order valence-corrected chi connectivity index (χ0v) is 8.03. The molecule has 3 heteroatoms. The summed E-state index contributed by atoms with van der Waals surface area (Å²) in [6.45, 7) is 5.13. The van der Waals surface area contributed by atoms with E-state index in [1.807, 2.05) is 0 Å². The van der Waals surface area contributed by atoms with E-state index in [0.717, 1.165) is 0 Å². The van der Waals surface area contributed by atoms with E-state index in [4.69, 9.17) is 9.84 Å². The van der Waals surface area contributed by atoms with E-state index in [1.54, 1.807) is 19.1 Å². The second-order valence-electron chi connectivity index (χ2n) is 2.98. The average Bonchev–Trinajstić information content (AvgIpc) is 2.20. The Hall–Kier alpha value is -1.35. The minimum Gasteiger partial charge on any atom is -0.484 e. The maximum atomic E-state index is 13.3. The van der Waals surface area contributed by atoms with Crippen LogP contribution in [0.5, 0.6) is 5.75 Å². The highest BCUT2D eigenvalue weighted by Gasteiger charge is 2.06. The first-order valence-corrected chi connectivity index (χ1v) is 4.36. The minimum atomic E-state index is -0.467. The molecule has 0 aromatic heterocycles. The highest BCUT2D eigenvalue weighted by molar-refractivity contribution is 5.29. The van der Waals surface area contributed by atoms with E-state index >= 15 is 0 Å². The molecule has 0 aliphatic carbocycles. The van der Waals surface area contributed by atoms with Gasteiger partial charge in [-0.1, -0.05) is 18.7 Å². The first-order valence-electron chi connectivity index (χ1n) is 4.36. The number of hydrogen-bond acceptors (Lipinski definition) is 2. The van der Waals surface area contributed by atoms with Crippen LogP contribution >= 0.6 is 0 Å². The molecular weight excluding hydrogens is 183 g/mol. The minimum absolute atomic E-state index is 0.172. The largest absolute Gasteiger partial charge is 0.484 e. The summed E-state index contributed by atoms with van der Waals surface area (Å²) in [5, 5.41) is 8.76. The summed E-state index contributed by atoms with van der Waals surface area (Å²) in [6.07, 6.45) is 1.35. The van der Waals surface area contributed by atoms with Crippen molar-refractivity contribution >= 4 is 0 Å². The molecule has 0 spiro atoms. The molecule has 1 unspecified atom stereocenters. The topological polar surface area (TPSA) is 29.5 Å². The van der Waals surface area contributed by atoms with Gasteiger partial charge in [0.25, 0.3) is 0 Å². The molecule has 76 valence electrons. The van der Waals surface area contributed by atoms with Gasteiger partial charge in [-0.05, 0) is 24.6 Å². The predicted octanol–water partition coefficient (Wildman–Crippen LogP) is 2.27. The monoisotopic (exact) mass is 196 g/mol. The van der Waals surface area contributed by atoms with Crippen LogP contribution in [-0.2, 0) is 6.61 Å². The highest BCUT2D eigenvalue weighted by atomic mass is 19.1. The van der Waals surface area contributed by atoms with Gasteiger partial charge in [0, 0.05) is 0 Å². The van der Waals surface area contributed by atoms with E-state index in [0.29, 0.717) is 5.56 Å². The lowest BCUT2D eigenvalue weighted by Gasteiger charge is -2.11. The van der Waals surface area contributed by atoms with Crippen LogP contribution < -0.4 is 4.74 Å². The molecule has 0 bridgehead atoms. The van der Waals surface area contributed by atoms with Gasteiger partial charge < -0.3 is 9.84 Å². The third kappa shape index (κ3) is 2.57. The summed E-state index contributed by atoms with van der Waals surface area (Å²) in [4.78, 5) is 0. The van der Waals surface area contributed by atoms with Gasteiger partial charge in [-0.25, -0.2) is 4.39 Å². The van der Waals surface area contributed by atoms with Crippen LogP contribution in [0.25, 0.3) is 0 Å². The van der Waals surface area contributed by atoms with E-state index in [1.165, 1.54) is 12.1 Å². The number of ether oxygens (including phenoxy) is 1. The Morgan fingerprint density at radius 2 is 2.36 bits per heavy atom. The molecule has 1 aromatic carbocycles. The first-order chi connectivity index (χ1) is 6.67. The third-order valence-corrected chi connectivity index (χ3v) is 1.82. The highest BCUT2D eigenvalue weighted by Crippen LogP contribution is 2.19. The van der Waals surface area contributed by atoms with Gasteiger partial charge in [-0.15, -0.1) is 0 Å². The molecular formula is C11H13FO2. The van der Waals surface area contributed by atoms with Gasteiger partial charge >= 0.3 is 0 Å². The van der Waals surface area contributed by atoms with Crippen LogP contribution in [0.3, 0.4) is 0 Å². The Morgan fingerprint density at radius 3 is 2.86 bits per heavy atom. The number of benzene rings is 1. The van der Waals surface area contributed by atoms with Crippen molar-refractivity contribution in [3.8, 4) is 5.75 Å². The Labute approximate surface area is 82.6 Å². The molecule has 0 amide bonds. The maximum absolute atomic E-state index is 13.3. The predicted molar refractivity (Wildman–Crippen MR) is 52.6 cm³/mol. The van der Waals surface area contributed by atoms with Crippen molar-refractivity contribution in [1.29, 1.82) is 0 Å². The molecule has 0 saturated carbocycles. The van der Waals surface area contributed by atoms with Crippen molar-refractivity contribution < 1.29 is 14.2 Å². The van der Waals surface area contributed by atoms with Crippen LogP contribution in [0.4, 0.5) is 4.39 Å². The van der Waals surface area contributed by atoms with Crippen molar-refractivity contribution in [2.45, 2.75) is 19.6 Å². The Bertz CT molecular complexity index is 323. The third-order valence-electron chi connectivity index (χ3n) is 1.82. The fraction of sp³-hybridized carbons (Fsp3) is 0.273. The van der Waals surface area contributed by atoms with E-state index < -0.39 is 5.82 Å². The lowest BCUT2D eigenvalue weighted by atomic mass is 10.2. The number of aliphatic hydroxyl groups excluding tert-OH is 1. The van der Waals surface area contributed by atoms with Crippen molar-refractivity contribution in [2.75, 3.05) is 0 Å². The zero-order chi connectivity index (χ0) is 10.6. The smallest absolute Gasteiger partial charge is 0.165 e. The van der Waals surface area contributed by atoms with Crippen molar-refractivity contribution in [3.05, 3.63) is 42.2 Å². The van der Waals surface area contributed by atoms with Gasteiger partial charge in [-0.2, -0.15) is 0 Å². The Kier molecular flexibility index (Phi) is 3.65. The lowest BCUT2D eigenvalue weighted by molar-refractivity contribution is 0.255. The average molecular weight is 196 g/mol. The Balaban J connectivity index is 2.83. The number of aliphatic hydroxyl groups is 1. The number of rotatable bonds is 4. The number of halogens is 1. The van der Waals surface area contributed by atoms with Crippen LogP contribution in [0, 0.1) is 5.82 Å². The standard InChI is InChI=1S/C11H13FO2/c1-3-8(2)14-11-5-4-9(7-13)6-10(11)12/h3-6,8,13H,1,7H2,2H3. The van der Waals surface area contributed by atoms with E-state index in [2.05, 4.69) is 6.58 Å². The lowest BCUT2D eigenvalue weighted by Crippen LogP contribution is -2.08.